The minimum absolute atomic E-state index is 0.0531. The number of anilines is 1. The molecule has 1 atom stereocenters. The lowest BCUT2D eigenvalue weighted by atomic mass is 10.0. The van der Waals surface area contributed by atoms with E-state index in [-0.39, 0.29) is 42.7 Å². The molecule has 1 unspecified atom stereocenters. The Morgan fingerprint density at radius 2 is 1.59 bits per heavy atom. The van der Waals surface area contributed by atoms with Crippen molar-refractivity contribution >= 4 is 17.5 Å². The molecule has 0 aromatic heterocycles. The Bertz CT molecular complexity index is 983. The molecule has 0 fully saturated rings. The van der Waals surface area contributed by atoms with Crippen LogP contribution in [0.4, 0.5) is 27.6 Å². The van der Waals surface area contributed by atoms with E-state index in [2.05, 4.69) is 5.32 Å². The van der Waals surface area contributed by atoms with Crippen LogP contribution >= 0.6 is 0 Å². The molecule has 3 N–H and O–H groups in total. The first-order chi connectivity index (χ1) is 13.6. The number of benzene rings is 2. The van der Waals surface area contributed by atoms with Gasteiger partial charge in [0.15, 0.2) is 23.3 Å². The number of fused-ring (bicyclic) bond motifs is 1. The summed E-state index contributed by atoms with van der Waals surface area (Å²) in [5.74, 6) is -7.04. The summed E-state index contributed by atoms with van der Waals surface area (Å²) in [5.41, 5.74) is 5.90. The van der Waals surface area contributed by atoms with Crippen molar-refractivity contribution in [3.8, 4) is 0 Å². The summed E-state index contributed by atoms with van der Waals surface area (Å²) in [4.78, 5) is 25.6. The third kappa shape index (κ3) is 4.70. The third-order valence-corrected chi connectivity index (χ3v) is 4.48. The first kappa shape index (κ1) is 20.7. The van der Waals surface area contributed by atoms with Crippen LogP contribution in [0, 0.1) is 29.1 Å². The summed E-state index contributed by atoms with van der Waals surface area (Å²) in [6.07, 6.45) is -0.573. The number of hydrogen-bond donors (Lipinski definition) is 2. The van der Waals surface area contributed by atoms with Crippen molar-refractivity contribution in [1.29, 1.82) is 0 Å². The van der Waals surface area contributed by atoms with Crippen molar-refractivity contribution < 1.29 is 31.5 Å². The predicted octanol–water partition coefficient (Wildman–Crippen LogP) is 2.62. The van der Waals surface area contributed by atoms with E-state index >= 15 is 0 Å². The van der Waals surface area contributed by atoms with Crippen molar-refractivity contribution in [3.05, 3.63) is 64.5 Å². The molecule has 5 nitrogen and oxygen atoms in total. The van der Waals surface area contributed by atoms with E-state index in [1.54, 1.807) is 0 Å². The molecule has 0 saturated heterocycles. The molecule has 2 amide bonds. The van der Waals surface area contributed by atoms with Crippen LogP contribution in [0.2, 0.25) is 0 Å². The number of hydrogen-bond acceptors (Lipinski definition) is 3. The summed E-state index contributed by atoms with van der Waals surface area (Å²) >= 11 is 0. The number of carbonyl (C=O) groups excluding carboxylic acids is 2. The van der Waals surface area contributed by atoms with Crippen molar-refractivity contribution in [3.63, 3.8) is 0 Å². The van der Waals surface area contributed by atoms with E-state index in [0.29, 0.717) is 12.1 Å². The molecule has 1 aliphatic rings. The van der Waals surface area contributed by atoms with Crippen molar-refractivity contribution in [1.82, 2.24) is 4.90 Å². The topological polar surface area (TPSA) is 75.4 Å². The molecule has 1 aliphatic heterocycles. The van der Waals surface area contributed by atoms with Crippen LogP contribution in [0.1, 0.15) is 17.5 Å². The van der Waals surface area contributed by atoms with Crippen LogP contribution in [0.5, 0.6) is 0 Å². The largest absolute Gasteiger partial charge is 0.329 e. The molecular weight excluding hydrogens is 397 g/mol. The molecule has 0 saturated carbocycles. The Balaban J connectivity index is 1.72. The van der Waals surface area contributed by atoms with E-state index in [0.717, 1.165) is 17.0 Å². The standard InChI is InChI=1S/C19H16F5N3O2/c20-12-5-15(23)13(21)2-9(12)1-11(25)4-19(29)27-7-10-3-14(22)16(24)6-17(10)26-18(28)8-27/h2-3,5-6,11H,1,4,7-8,25H2,(H,26,28). The predicted molar refractivity (Wildman–Crippen MR) is 93.0 cm³/mol. The lowest BCUT2D eigenvalue weighted by Gasteiger charge is -2.22. The molecule has 0 radical (unpaired) electrons. The van der Waals surface area contributed by atoms with Gasteiger partial charge in [-0.15, -0.1) is 0 Å². The van der Waals surface area contributed by atoms with Gasteiger partial charge in [-0.25, -0.2) is 22.0 Å². The SMILES string of the molecule is NC(CC(=O)N1CC(=O)Nc2cc(F)c(F)cc2C1)Cc1cc(F)c(F)cc1F. The number of amides is 2. The van der Waals surface area contributed by atoms with Crippen molar-refractivity contribution in [2.45, 2.75) is 25.4 Å². The lowest BCUT2D eigenvalue weighted by molar-refractivity contribution is -0.135. The van der Waals surface area contributed by atoms with E-state index in [1.807, 2.05) is 0 Å². The van der Waals surface area contributed by atoms with Gasteiger partial charge in [0.25, 0.3) is 0 Å². The molecule has 0 bridgehead atoms. The monoisotopic (exact) mass is 413 g/mol. The molecule has 0 aliphatic carbocycles. The average molecular weight is 413 g/mol. The highest BCUT2D eigenvalue weighted by Gasteiger charge is 2.26. The number of nitrogens with two attached hydrogens (primary N) is 1. The van der Waals surface area contributed by atoms with Gasteiger partial charge in [-0.2, -0.15) is 0 Å². The summed E-state index contributed by atoms with van der Waals surface area (Å²) in [7, 11) is 0. The van der Waals surface area contributed by atoms with E-state index < -0.39 is 46.9 Å². The Morgan fingerprint density at radius 3 is 2.31 bits per heavy atom. The first-order valence-electron chi connectivity index (χ1n) is 8.58. The Morgan fingerprint density at radius 1 is 0.966 bits per heavy atom. The maximum atomic E-state index is 13.7. The molecule has 29 heavy (non-hydrogen) atoms. The zero-order valence-corrected chi connectivity index (χ0v) is 14.9. The molecule has 3 rings (SSSR count). The summed E-state index contributed by atoms with van der Waals surface area (Å²) in [5, 5.41) is 2.39. The van der Waals surface area contributed by atoms with Gasteiger partial charge in [0.05, 0.1) is 0 Å². The van der Waals surface area contributed by atoms with Gasteiger partial charge >= 0.3 is 0 Å². The lowest BCUT2D eigenvalue weighted by Crippen LogP contribution is -2.39. The van der Waals surface area contributed by atoms with E-state index in [1.165, 1.54) is 0 Å². The second-order valence-electron chi connectivity index (χ2n) is 6.75. The summed E-state index contributed by atoms with van der Waals surface area (Å²) in [6, 6.07) is 1.82. The molecular formula is C19H16F5N3O2. The number of carbonyl (C=O) groups is 2. The Kier molecular flexibility index (Phi) is 5.83. The minimum Gasteiger partial charge on any atom is -0.329 e. The van der Waals surface area contributed by atoms with Crippen LogP contribution in [0.3, 0.4) is 0 Å². The molecule has 154 valence electrons. The Hall–Kier alpha value is -3.01. The first-order valence-corrected chi connectivity index (χ1v) is 8.58. The van der Waals surface area contributed by atoms with Gasteiger partial charge in [0.2, 0.25) is 11.8 Å². The zero-order chi connectivity index (χ0) is 21.3. The van der Waals surface area contributed by atoms with Crippen molar-refractivity contribution in [2.24, 2.45) is 5.73 Å². The zero-order valence-electron chi connectivity index (χ0n) is 14.9. The highest BCUT2D eigenvalue weighted by molar-refractivity contribution is 5.96. The van der Waals surface area contributed by atoms with E-state index in [9.17, 15) is 31.5 Å². The smallest absolute Gasteiger partial charge is 0.244 e. The second kappa shape index (κ2) is 8.16. The minimum atomic E-state index is -1.34. The summed E-state index contributed by atoms with van der Waals surface area (Å²) in [6.45, 7) is -0.542. The van der Waals surface area contributed by atoms with Gasteiger partial charge in [-0.1, -0.05) is 0 Å². The quantitative estimate of drug-likeness (QED) is 0.598. The molecule has 10 heteroatoms. The number of nitrogens with one attached hydrogen (secondary N) is 1. The second-order valence-corrected chi connectivity index (χ2v) is 6.75. The normalized spacial score (nSPS) is 14.8. The van der Waals surface area contributed by atoms with Gasteiger partial charge in [0.1, 0.15) is 12.4 Å². The molecule has 0 spiro atoms. The van der Waals surface area contributed by atoms with Crippen LogP contribution < -0.4 is 11.1 Å². The molecule has 1 heterocycles. The van der Waals surface area contributed by atoms with Gasteiger partial charge in [-0.05, 0) is 29.7 Å². The maximum Gasteiger partial charge on any atom is 0.244 e. The van der Waals surface area contributed by atoms with E-state index in [4.69, 9.17) is 5.73 Å². The fourth-order valence-corrected chi connectivity index (χ4v) is 3.06. The highest BCUT2D eigenvalue weighted by atomic mass is 19.2. The average Bonchev–Trinajstić information content (AvgIpc) is 2.78. The number of nitrogens with zero attached hydrogens (tertiary/aromatic N) is 1. The number of halogens is 5. The van der Waals surface area contributed by atoms with Gasteiger partial charge in [0, 0.05) is 36.8 Å². The van der Waals surface area contributed by atoms with Crippen LogP contribution in [-0.4, -0.2) is 29.3 Å². The molecule has 2 aromatic carbocycles. The number of rotatable bonds is 4. The Labute approximate surface area is 162 Å². The maximum absolute atomic E-state index is 13.7. The van der Waals surface area contributed by atoms with Gasteiger partial charge < -0.3 is 16.0 Å². The summed E-state index contributed by atoms with van der Waals surface area (Å²) < 4.78 is 66.9. The fraction of sp³-hybridized carbons (Fsp3) is 0.263. The van der Waals surface area contributed by atoms with Crippen molar-refractivity contribution in [2.75, 3.05) is 11.9 Å². The highest BCUT2D eigenvalue weighted by Crippen LogP contribution is 2.24. The van der Waals surface area contributed by atoms with Crippen LogP contribution in [0.15, 0.2) is 24.3 Å². The molecule has 2 aromatic rings. The van der Waals surface area contributed by atoms with Crippen LogP contribution in [-0.2, 0) is 22.6 Å². The third-order valence-electron chi connectivity index (χ3n) is 4.48. The fourth-order valence-electron chi connectivity index (χ4n) is 3.06. The van der Waals surface area contributed by atoms with Crippen LogP contribution in [0.25, 0.3) is 0 Å². The van der Waals surface area contributed by atoms with Gasteiger partial charge in [-0.3, -0.25) is 9.59 Å².